The first-order chi connectivity index (χ1) is 15.2. The number of fused-ring (bicyclic) bond motifs is 1. The number of aromatic amines is 1. The van der Waals surface area contributed by atoms with Gasteiger partial charge >= 0.3 is 0 Å². The Hall–Kier alpha value is -3.93. The Labute approximate surface area is 181 Å². The summed E-state index contributed by atoms with van der Waals surface area (Å²) in [6, 6.07) is 16.0. The molecule has 0 aliphatic heterocycles. The van der Waals surface area contributed by atoms with Crippen molar-refractivity contribution in [2.45, 2.75) is 6.92 Å². The van der Waals surface area contributed by atoms with E-state index in [2.05, 4.69) is 33.7 Å². The third kappa shape index (κ3) is 4.19. The summed E-state index contributed by atoms with van der Waals surface area (Å²) >= 11 is 0. The number of ether oxygens (including phenoxy) is 1. The first kappa shape index (κ1) is 20.3. The van der Waals surface area contributed by atoms with Gasteiger partial charge in [0.05, 0.1) is 29.5 Å². The van der Waals surface area contributed by atoms with Crippen LogP contribution in [-0.4, -0.2) is 45.5 Å². The number of benzene rings is 1. The van der Waals surface area contributed by atoms with Crippen LogP contribution >= 0.6 is 0 Å². The second-order valence-corrected chi connectivity index (χ2v) is 6.98. The van der Waals surface area contributed by atoms with E-state index in [1.807, 2.05) is 43.3 Å². The Kier molecular flexibility index (Phi) is 6.08. The molecule has 31 heavy (non-hydrogen) atoms. The number of rotatable bonds is 8. The molecule has 156 valence electrons. The number of carbonyl (C=O) groups is 1. The third-order valence-corrected chi connectivity index (χ3v) is 5.16. The smallest absolute Gasteiger partial charge is 0.246 e. The van der Waals surface area contributed by atoms with Gasteiger partial charge in [0, 0.05) is 30.1 Å². The highest BCUT2D eigenvalue weighted by molar-refractivity contribution is 6.02. The van der Waals surface area contributed by atoms with Gasteiger partial charge in [0.2, 0.25) is 5.91 Å². The van der Waals surface area contributed by atoms with E-state index in [0.717, 1.165) is 33.4 Å². The highest BCUT2D eigenvalue weighted by Gasteiger charge is 2.19. The Balaban J connectivity index is 1.71. The van der Waals surface area contributed by atoms with Gasteiger partial charge in [-0.2, -0.15) is 0 Å². The van der Waals surface area contributed by atoms with E-state index < -0.39 is 0 Å². The van der Waals surface area contributed by atoms with E-state index in [1.165, 1.54) is 6.08 Å². The zero-order valence-corrected chi connectivity index (χ0v) is 17.4. The van der Waals surface area contributed by atoms with Crippen molar-refractivity contribution in [3.05, 3.63) is 79.8 Å². The number of nitrogens with zero attached hydrogens (tertiary/aromatic N) is 3. The molecule has 4 rings (SSSR count). The number of amides is 1. The summed E-state index contributed by atoms with van der Waals surface area (Å²) in [6.45, 7) is 6.91. The fraction of sp³-hybridized carbons (Fsp3) is 0.160. The predicted octanol–water partition coefficient (Wildman–Crippen LogP) is 4.71. The van der Waals surface area contributed by atoms with Crippen molar-refractivity contribution < 1.29 is 9.53 Å². The molecule has 0 saturated heterocycles. The number of pyridine rings is 2. The van der Waals surface area contributed by atoms with Crippen LogP contribution in [0.2, 0.25) is 0 Å². The van der Waals surface area contributed by atoms with Crippen LogP contribution in [0.4, 0.5) is 0 Å². The highest BCUT2D eigenvalue weighted by Crippen LogP contribution is 2.40. The summed E-state index contributed by atoms with van der Waals surface area (Å²) in [5.41, 5.74) is 5.76. The lowest BCUT2D eigenvalue weighted by molar-refractivity contribution is -0.126. The molecule has 3 aromatic heterocycles. The Morgan fingerprint density at radius 3 is 2.77 bits per heavy atom. The van der Waals surface area contributed by atoms with Crippen LogP contribution in [0.3, 0.4) is 0 Å². The molecule has 0 fully saturated rings. The van der Waals surface area contributed by atoms with Crippen molar-refractivity contribution in [3.8, 4) is 28.1 Å². The summed E-state index contributed by atoms with van der Waals surface area (Å²) in [7, 11) is 0. The van der Waals surface area contributed by atoms with Gasteiger partial charge in [-0.25, -0.2) is 0 Å². The molecule has 0 atom stereocenters. The molecule has 1 aromatic carbocycles. The summed E-state index contributed by atoms with van der Waals surface area (Å²) in [6.07, 6.45) is 6.57. The maximum absolute atomic E-state index is 11.9. The van der Waals surface area contributed by atoms with E-state index in [4.69, 9.17) is 4.74 Å². The minimum absolute atomic E-state index is 0.106. The van der Waals surface area contributed by atoms with Gasteiger partial charge < -0.3 is 14.6 Å². The van der Waals surface area contributed by atoms with E-state index >= 15 is 0 Å². The lowest BCUT2D eigenvalue weighted by Crippen LogP contribution is -2.33. The maximum atomic E-state index is 11.9. The van der Waals surface area contributed by atoms with Crippen molar-refractivity contribution in [2.75, 3.05) is 19.7 Å². The molecule has 4 aromatic rings. The minimum Gasteiger partial charge on any atom is -0.489 e. The molecule has 1 amide bonds. The second kappa shape index (κ2) is 9.26. The monoisotopic (exact) mass is 412 g/mol. The standard InChI is InChI=1S/C25H24N4O2/c1-3-22(30)29(4-2)15-16-31-21-17-26-14-12-19(21)24-23(18-9-6-5-7-10-18)25-20(28-24)11-8-13-27-25/h3,5-14,17,28H,1,4,15-16H2,2H3. The molecule has 0 spiro atoms. The first-order valence-electron chi connectivity index (χ1n) is 10.2. The summed E-state index contributed by atoms with van der Waals surface area (Å²) < 4.78 is 6.07. The number of aromatic nitrogens is 3. The van der Waals surface area contributed by atoms with Gasteiger partial charge in [0.1, 0.15) is 12.4 Å². The van der Waals surface area contributed by atoms with Crippen molar-refractivity contribution in [1.29, 1.82) is 0 Å². The molecular weight excluding hydrogens is 388 g/mol. The van der Waals surface area contributed by atoms with Gasteiger partial charge in [-0.3, -0.25) is 14.8 Å². The second-order valence-electron chi connectivity index (χ2n) is 6.98. The Morgan fingerprint density at radius 2 is 2.00 bits per heavy atom. The van der Waals surface area contributed by atoms with Crippen LogP contribution in [-0.2, 0) is 4.79 Å². The minimum atomic E-state index is -0.106. The molecule has 0 aliphatic carbocycles. The normalized spacial score (nSPS) is 10.7. The molecule has 3 heterocycles. The number of nitrogens with one attached hydrogen (secondary N) is 1. The number of likely N-dealkylation sites (N-methyl/N-ethyl adjacent to an activating group) is 1. The fourth-order valence-corrected chi connectivity index (χ4v) is 3.63. The van der Waals surface area contributed by atoms with Gasteiger partial charge in [0.25, 0.3) is 0 Å². The largest absolute Gasteiger partial charge is 0.489 e. The van der Waals surface area contributed by atoms with Gasteiger partial charge in [-0.05, 0) is 36.8 Å². The average Bonchev–Trinajstić information content (AvgIpc) is 3.21. The molecule has 1 N–H and O–H groups in total. The average molecular weight is 412 g/mol. The van der Waals surface area contributed by atoms with Crippen LogP contribution in [0.15, 0.2) is 79.8 Å². The Bertz CT molecular complexity index is 1200. The van der Waals surface area contributed by atoms with Crippen molar-refractivity contribution in [3.63, 3.8) is 0 Å². The van der Waals surface area contributed by atoms with Crippen LogP contribution in [0, 0.1) is 0 Å². The van der Waals surface area contributed by atoms with Crippen LogP contribution in [0.25, 0.3) is 33.4 Å². The van der Waals surface area contributed by atoms with Crippen LogP contribution < -0.4 is 4.74 Å². The third-order valence-electron chi connectivity index (χ3n) is 5.16. The van der Waals surface area contributed by atoms with E-state index in [1.54, 1.807) is 23.5 Å². The molecule has 0 unspecified atom stereocenters. The lowest BCUT2D eigenvalue weighted by atomic mass is 10.0. The molecule has 0 radical (unpaired) electrons. The molecule has 0 saturated carbocycles. The van der Waals surface area contributed by atoms with E-state index in [0.29, 0.717) is 25.4 Å². The fourth-order valence-electron chi connectivity index (χ4n) is 3.63. The molecular formula is C25H24N4O2. The Morgan fingerprint density at radius 1 is 1.16 bits per heavy atom. The van der Waals surface area contributed by atoms with Crippen molar-refractivity contribution in [2.24, 2.45) is 0 Å². The van der Waals surface area contributed by atoms with Gasteiger partial charge in [0.15, 0.2) is 0 Å². The number of hydrogen-bond acceptors (Lipinski definition) is 4. The maximum Gasteiger partial charge on any atom is 0.246 e. The predicted molar refractivity (Wildman–Crippen MR) is 123 cm³/mol. The van der Waals surface area contributed by atoms with E-state index in [9.17, 15) is 4.79 Å². The zero-order chi connectivity index (χ0) is 21.6. The van der Waals surface area contributed by atoms with Crippen LogP contribution in [0.5, 0.6) is 5.75 Å². The topological polar surface area (TPSA) is 71.1 Å². The number of H-pyrrole nitrogens is 1. The SMILES string of the molecule is C=CC(=O)N(CC)CCOc1cnccc1-c1[nH]c2cccnc2c1-c1ccccc1. The number of carbonyl (C=O) groups excluding carboxylic acids is 1. The molecule has 6 nitrogen and oxygen atoms in total. The van der Waals surface area contributed by atoms with Crippen molar-refractivity contribution in [1.82, 2.24) is 19.9 Å². The van der Waals surface area contributed by atoms with E-state index in [-0.39, 0.29) is 5.91 Å². The highest BCUT2D eigenvalue weighted by atomic mass is 16.5. The summed E-state index contributed by atoms with van der Waals surface area (Å²) in [5.74, 6) is 0.541. The van der Waals surface area contributed by atoms with Crippen LogP contribution in [0.1, 0.15) is 6.92 Å². The lowest BCUT2D eigenvalue weighted by Gasteiger charge is -2.19. The van der Waals surface area contributed by atoms with Gasteiger partial charge in [-0.15, -0.1) is 0 Å². The first-order valence-corrected chi connectivity index (χ1v) is 10.2. The molecule has 0 aliphatic rings. The van der Waals surface area contributed by atoms with Gasteiger partial charge in [-0.1, -0.05) is 36.9 Å². The quantitative estimate of drug-likeness (QED) is 0.426. The zero-order valence-electron chi connectivity index (χ0n) is 17.4. The van der Waals surface area contributed by atoms with Crippen molar-refractivity contribution >= 4 is 16.9 Å². The summed E-state index contributed by atoms with van der Waals surface area (Å²) in [4.78, 5) is 26.0. The molecule has 6 heteroatoms. The molecule has 0 bridgehead atoms. The summed E-state index contributed by atoms with van der Waals surface area (Å²) in [5, 5.41) is 0. The number of hydrogen-bond donors (Lipinski definition) is 1.